The zero-order valence-corrected chi connectivity index (χ0v) is 12.7. The van der Waals surface area contributed by atoms with E-state index in [2.05, 4.69) is 31.2 Å². The van der Waals surface area contributed by atoms with Gasteiger partial charge in [-0.1, -0.05) is 0 Å². The molecule has 0 atom stereocenters. The van der Waals surface area contributed by atoms with E-state index in [0.29, 0.717) is 29.4 Å². The molecule has 0 aromatic carbocycles. The van der Waals surface area contributed by atoms with Crippen LogP contribution in [0, 0.1) is 17.0 Å². The lowest BCUT2D eigenvalue weighted by Crippen LogP contribution is -2.07. The Morgan fingerprint density at radius 2 is 2.21 bits per heavy atom. The molecule has 0 fully saturated rings. The Bertz CT molecular complexity index is 629. The predicted molar refractivity (Wildman–Crippen MR) is 78.6 cm³/mol. The Balaban J connectivity index is 2.68. The maximum Gasteiger partial charge on any atom is 0.316 e. The summed E-state index contributed by atoms with van der Waals surface area (Å²) < 4.78 is 0.793. The van der Waals surface area contributed by atoms with E-state index in [1.54, 1.807) is 6.92 Å². The van der Waals surface area contributed by atoms with Crippen LogP contribution in [0.25, 0.3) is 11.3 Å². The van der Waals surface area contributed by atoms with Crippen LogP contribution in [0.5, 0.6) is 0 Å². The van der Waals surface area contributed by atoms with Gasteiger partial charge >= 0.3 is 5.69 Å². The molecule has 0 aliphatic carbocycles. The van der Waals surface area contributed by atoms with Gasteiger partial charge in [0.25, 0.3) is 0 Å². The maximum atomic E-state index is 11.2. The lowest BCUT2D eigenvalue weighted by atomic mass is 10.2. The van der Waals surface area contributed by atoms with E-state index in [1.165, 1.54) is 11.3 Å². The summed E-state index contributed by atoms with van der Waals surface area (Å²) in [4.78, 5) is 19.1. The molecule has 19 heavy (non-hydrogen) atoms. The summed E-state index contributed by atoms with van der Waals surface area (Å²) in [5.74, 6) is 0.402. The van der Waals surface area contributed by atoms with Crippen molar-refractivity contribution in [3.8, 4) is 11.3 Å². The fraction of sp³-hybridized carbons (Fsp3) is 0.273. The van der Waals surface area contributed by atoms with Crippen LogP contribution >= 0.6 is 27.3 Å². The number of aromatic nitrogens is 2. The molecule has 6 nitrogen and oxygen atoms in total. The van der Waals surface area contributed by atoms with Crippen LogP contribution in [0.2, 0.25) is 0 Å². The average molecular weight is 343 g/mol. The Labute approximate surface area is 122 Å². The van der Waals surface area contributed by atoms with E-state index in [1.807, 2.05) is 17.7 Å². The number of halogens is 1. The van der Waals surface area contributed by atoms with Gasteiger partial charge < -0.3 is 5.32 Å². The number of hydrogen-bond donors (Lipinski definition) is 1. The molecule has 2 heterocycles. The lowest BCUT2D eigenvalue weighted by molar-refractivity contribution is -0.385. The number of nitrogens with zero attached hydrogens (tertiary/aromatic N) is 3. The number of anilines is 1. The number of rotatable bonds is 4. The Morgan fingerprint density at radius 1 is 1.47 bits per heavy atom. The van der Waals surface area contributed by atoms with Crippen molar-refractivity contribution in [2.45, 2.75) is 13.8 Å². The molecule has 2 aromatic rings. The van der Waals surface area contributed by atoms with Crippen LogP contribution in [0.15, 0.2) is 15.2 Å². The Hall–Kier alpha value is -1.54. The second-order valence-electron chi connectivity index (χ2n) is 3.75. The van der Waals surface area contributed by atoms with Crippen molar-refractivity contribution >= 4 is 38.9 Å². The van der Waals surface area contributed by atoms with Gasteiger partial charge in [0.1, 0.15) is 5.69 Å². The highest BCUT2D eigenvalue weighted by Gasteiger charge is 2.24. The molecular formula is C11H11BrN4O2S. The first kappa shape index (κ1) is 13.9. The van der Waals surface area contributed by atoms with Gasteiger partial charge in [-0.05, 0) is 29.8 Å². The van der Waals surface area contributed by atoms with Gasteiger partial charge in [0.15, 0.2) is 5.69 Å². The fourth-order valence-corrected chi connectivity index (χ4v) is 3.13. The second kappa shape index (κ2) is 5.62. The third-order valence-corrected chi connectivity index (χ3v) is 4.15. The topological polar surface area (TPSA) is 81.0 Å². The first-order valence-electron chi connectivity index (χ1n) is 5.53. The van der Waals surface area contributed by atoms with Gasteiger partial charge in [0.05, 0.1) is 4.92 Å². The standard InChI is InChI=1S/C11H11BrN4O2S/c1-3-13-11-14-6(2)10(16(17)18)9(15-11)7-4-19-5-8(7)12/h4-5H,3H2,1-2H3,(H,13,14,15). The summed E-state index contributed by atoms with van der Waals surface area (Å²) in [5.41, 5.74) is 1.34. The molecule has 2 rings (SSSR count). The van der Waals surface area contributed by atoms with Crippen LogP contribution in [0.3, 0.4) is 0 Å². The summed E-state index contributed by atoms with van der Waals surface area (Å²) in [6, 6.07) is 0. The van der Waals surface area contributed by atoms with Crippen LogP contribution in [-0.2, 0) is 0 Å². The van der Waals surface area contributed by atoms with Gasteiger partial charge in [-0.3, -0.25) is 10.1 Å². The SMILES string of the molecule is CCNc1nc(C)c([N+](=O)[O-])c(-c2cscc2Br)n1. The highest BCUT2D eigenvalue weighted by molar-refractivity contribution is 9.10. The molecule has 0 saturated heterocycles. The molecule has 1 N–H and O–H groups in total. The minimum absolute atomic E-state index is 0.0549. The summed E-state index contributed by atoms with van der Waals surface area (Å²) in [6.45, 7) is 4.19. The van der Waals surface area contributed by atoms with Crippen molar-refractivity contribution in [2.24, 2.45) is 0 Å². The molecule has 0 amide bonds. The molecule has 2 aromatic heterocycles. The van der Waals surface area contributed by atoms with E-state index >= 15 is 0 Å². The number of hydrogen-bond acceptors (Lipinski definition) is 6. The molecule has 0 spiro atoms. The third kappa shape index (κ3) is 2.74. The first-order chi connectivity index (χ1) is 9.04. The highest BCUT2D eigenvalue weighted by atomic mass is 79.9. The summed E-state index contributed by atoms with van der Waals surface area (Å²) in [6.07, 6.45) is 0. The van der Waals surface area contributed by atoms with Crippen LogP contribution in [0.4, 0.5) is 11.6 Å². The van der Waals surface area contributed by atoms with Crippen LogP contribution in [-0.4, -0.2) is 21.4 Å². The maximum absolute atomic E-state index is 11.2. The molecular weight excluding hydrogens is 332 g/mol. The Morgan fingerprint density at radius 3 is 2.74 bits per heavy atom. The van der Waals surface area contributed by atoms with E-state index in [4.69, 9.17) is 0 Å². The largest absolute Gasteiger partial charge is 0.354 e. The monoisotopic (exact) mass is 342 g/mol. The molecule has 0 saturated carbocycles. The number of thiophene rings is 1. The predicted octanol–water partition coefficient (Wildman–Crippen LogP) is 3.62. The summed E-state index contributed by atoms with van der Waals surface area (Å²) >= 11 is 4.84. The number of nitro groups is 1. The molecule has 0 aliphatic rings. The van der Waals surface area contributed by atoms with Crippen molar-refractivity contribution < 1.29 is 4.92 Å². The van der Waals surface area contributed by atoms with Crippen molar-refractivity contribution in [3.05, 3.63) is 31.0 Å². The van der Waals surface area contributed by atoms with Gasteiger partial charge in [-0.2, -0.15) is 11.3 Å². The first-order valence-corrected chi connectivity index (χ1v) is 7.27. The minimum Gasteiger partial charge on any atom is -0.354 e. The van der Waals surface area contributed by atoms with Crippen molar-refractivity contribution in [1.29, 1.82) is 0 Å². The molecule has 0 bridgehead atoms. The zero-order chi connectivity index (χ0) is 14.0. The van der Waals surface area contributed by atoms with Crippen molar-refractivity contribution in [2.75, 3.05) is 11.9 Å². The fourth-order valence-electron chi connectivity index (χ4n) is 1.66. The number of nitrogens with one attached hydrogen (secondary N) is 1. The molecule has 0 radical (unpaired) electrons. The van der Waals surface area contributed by atoms with Gasteiger partial charge in [0, 0.05) is 27.3 Å². The normalized spacial score (nSPS) is 10.5. The second-order valence-corrected chi connectivity index (χ2v) is 5.35. The number of aryl methyl sites for hydroxylation is 1. The lowest BCUT2D eigenvalue weighted by Gasteiger charge is -2.07. The third-order valence-electron chi connectivity index (χ3n) is 2.45. The van der Waals surface area contributed by atoms with E-state index in [9.17, 15) is 10.1 Å². The van der Waals surface area contributed by atoms with E-state index in [-0.39, 0.29) is 5.69 Å². The zero-order valence-electron chi connectivity index (χ0n) is 10.3. The van der Waals surface area contributed by atoms with Crippen molar-refractivity contribution in [1.82, 2.24) is 9.97 Å². The Kier molecular flexibility index (Phi) is 4.11. The summed E-state index contributed by atoms with van der Waals surface area (Å²) in [7, 11) is 0. The van der Waals surface area contributed by atoms with Crippen LogP contribution < -0.4 is 5.32 Å². The molecule has 0 unspecified atom stereocenters. The molecule has 0 aliphatic heterocycles. The van der Waals surface area contributed by atoms with Gasteiger partial charge in [0.2, 0.25) is 5.95 Å². The molecule has 100 valence electrons. The smallest absolute Gasteiger partial charge is 0.316 e. The molecule has 8 heteroatoms. The average Bonchev–Trinajstić information content (AvgIpc) is 2.74. The van der Waals surface area contributed by atoms with E-state index < -0.39 is 4.92 Å². The van der Waals surface area contributed by atoms with Crippen LogP contribution in [0.1, 0.15) is 12.6 Å². The summed E-state index contributed by atoms with van der Waals surface area (Å²) in [5, 5.41) is 17.9. The van der Waals surface area contributed by atoms with Gasteiger partial charge in [-0.15, -0.1) is 0 Å². The van der Waals surface area contributed by atoms with Crippen molar-refractivity contribution in [3.63, 3.8) is 0 Å². The minimum atomic E-state index is -0.440. The van der Waals surface area contributed by atoms with E-state index in [0.717, 1.165) is 4.47 Å². The quantitative estimate of drug-likeness (QED) is 0.677. The highest BCUT2D eigenvalue weighted by Crippen LogP contribution is 2.37. The van der Waals surface area contributed by atoms with Gasteiger partial charge in [-0.25, -0.2) is 9.97 Å².